The summed E-state index contributed by atoms with van der Waals surface area (Å²) in [7, 11) is 0. The average molecular weight is 305 g/mol. The molecule has 0 radical (unpaired) electrons. The zero-order chi connectivity index (χ0) is 15.0. The highest BCUT2D eigenvalue weighted by atomic mass is 32.1. The molecular formula is C14H19N5OS. The maximum atomic E-state index is 11.4. The highest BCUT2D eigenvalue weighted by Crippen LogP contribution is 2.34. The van der Waals surface area contributed by atoms with Crippen molar-refractivity contribution in [2.24, 2.45) is 11.7 Å². The molecule has 3 heterocycles. The molecule has 3 N–H and O–H groups in total. The van der Waals surface area contributed by atoms with Crippen LogP contribution in [0.15, 0.2) is 6.07 Å². The third-order valence-corrected chi connectivity index (χ3v) is 4.67. The second-order valence-corrected chi connectivity index (χ2v) is 6.55. The number of rotatable bonds is 4. The second-order valence-electron chi connectivity index (χ2n) is 5.31. The van der Waals surface area contributed by atoms with Crippen molar-refractivity contribution in [2.75, 3.05) is 29.9 Å². The van der Waals surface area contributed by atoms with Crippen LogP contribution in [-0.2, 0) is 4.79 Å². The van der Waals surface area contributed by atoms with Gasteiger partial charge >= 0.3 is 0 Å². The standard InChI is InChI=1S/C14H19N5OS/c1-3-16-14-17-12(10-6-8(2)21-13(10)18-14)19-5-4-9(7-19)11(15)20/h6,9H,3-5,7H2,1-2H3,(H2,15,20)(H,16,17,18). The molecule has 6 nitrogen and oxygen atoms in total. The van der Waals surface area contributed by atoms with Crippen molar-refractivity contribution in [3.05, 3.63) is 10.9 Å². The van der Waals surface area contributed by atoms with Gasteiger partial charge in [-0.15, -0.1) is 11.3 Å². The van der Waals surface area contributed by atoms with E-state index in [0.29, 0.717) is 12.5 Å². The average Bonchev–Trinajstić information content (AvgIpc) is 3.03. The van der Waals surface area contributed by atoms with E-state index in [2.05, 4.69) is 33.2 Å². The summed E-state index contributed by atoms with van der Waals surface area (Å²) in [4.78, 5) is 24.9. The van der Waals surface area contributed by atoms with E-state index >= 15 is 0 Å². The number of primary amides is 1. The Bertz CT molecular complexity index is 683. The van der Waals surface area contributed by atoms with Gasteiger partial charge in [0.1, 0.15) is 10.6 Å². The molecule has 1 fully saturated rings. The SMILES string of the molecule is CCNc1nc(N2CCC(C(N)=O)C2)c2cc(C)sc2n1. The van der Waals surface area contributed by atoms with Crippen LogP contribution in [-0.4, -0.2) is 35.5 Å². The Labute approximate surface area is 127 Å². The van der Waals surface area contributed by atoms with Gasteiger partial charge in [-0.05, 0) is 26.3 Å². The minimum Gasteiger partial charge on any atom is -0.369 e. The Hall–Kier alpha value is -1.89. The van der Waals surface area contributed by atoms with Crippen molar-refractivity contribution in [3.63, 3.8) is 0 Å². The fraction of sp³-hybridized carbons (Fsp3) is 0.500. The van der Waals surface area contributed by atoms with Gasteiger partial charge in [0.05, 0.1) is 11.3 Å². The third kappa shape index (κ3) is 2.65. The molecule has 0 saturated carbocycles. The first-order chi connectivity index (χ1) is 10.1. The summed E-state index contributed by atoms with van der Waals surface area (Å²) < 4.78 is 0. The van der Waals surface area contributed by atoms with Gasteiger partial charge in [-0.25, -0.2) is 4.98 Å². The van der Waals surface area contributed by atoms with Crippen LogP contribution in [0.5, 0.6) is 0 Å². The predicted molar refractivity (Wildman–Crippen MR) is 85.8 cm³/mol. The van der Waals surface area contributed by atoms with Crippen LogP contribution in [0.2, 0.25) is 0 Å². The van der Waals surface area contributed by atoms with Gasteiger partial charge in [0.25, 0.3) is 0 Å². The molecule has 1 amide bonds. The summed E-state index contributed by atoms with van der Waals surface area (Å²) in [5.41, 5.74) is 5.42. The number of nitrogens with two attached hydrogens (primary N) is 1. The molecule has 0 bridgehead atoms. The number of anilines is 2. The maximum absolute atomic E-state index is 11.4. The maximum Gasteiger partial charge on any atom is 0.226 e. The summed E-state index contributed by atoms with van der Waals surface area (Å²) in [6.45, 7) is 6.31. The molecule has 112 valence electrons. The van der Waals surface area contributed by atoms with Crippen LogP contribution < -0.4 is 16.0 Å². The van der Waals surface area contributed by atoms with E-state index in [1.165, 1.54) is 4.88 Å². The van der Waals surface area contributed by atoms with Crippen LogP contribution in [0.1, 0.15) is 18.2 Å². The molecule has 1 aliphatic heterocycles. The fourth-order valence-corrected chi connectivity index (χ4v) is 3.56. The number of fused-ring (bicyclic) bond motifs is 1. The molecule has 1 aliphatic rings. The first-order valence-corrected chi connectivity index (χ1v) is 7.96. The summed E-state index contributed by atoms with van der Waals surface area (Å²) in [5.74, 6) is 1.24. The molecule has 0 aromatic carbocycles. The van der Waals surface area contributed by atoms with E-state index < -0.39 is 0 Å². The first-order valence-electron chi connectivity index (χ1n) is 7.14. The Morgan fingerprint density at radius 1 is 1.57 bits per heavy atom. The number of nitrogens with one attached hydrogen (secondary N) is 1. The molecule has 7 heteroatoms. The lowest BCUT2D eigenvalue weighted by atomic mass is 10.1. The zero-order valence-electron chi connectivity index (χ0n) is 12.2. The molecule has 3 rings (SSSR count). The molecule has 0 spiro atoms. The number of amides is 1. The summed E-state index contributed by atoms with van der Waals surface area (Å²) >= 11 is 1.66. The monoisotopic (exact) mass is 305 g/mol. The first kappa shape index (κ1) is 14.1. The van der Waals surface area contributed by atoms with E-state index in [9.17, 15) is 4.79 Å². The van der Waals surface area contributed by atoms with Gasteiger partial charge in [0.15, 0.2) is 0 Å². The topological polar surface area (TPSA) is 84.1 Å². The minimum atomic E-state index is -0.226. The number of carbonyl (C=O) groups is 1. The van der Waals surface area contributed by atoms with Crippen molar-refractivity contribution in [1.29, 1.82) is 0 Å². The largest absolute Gasteiger partial charge is 0.369 e. The molecule has 2 aromatic heterocycles. The lowest BCUT2D eigenvalue weighted by Crippen LogP contribution is -2.28. The smallest absolute Gasteiger partial charge is 0.226 e. The van der Waals surface area contributed by atoms with Gasteiger partial charge in [-0.3, -0.25) is 4.79 Å². The lowest BCUT2D eigenvalue weighted by molar-refractivity contribution is -0.121. The predicted octanol–water partition coefficient (Wildman–Crippen LogP) is 1.74. The van der Waals surface area contributed by atoms with Crippen LogP contribution in [0.3, 0.4) is 0 Å². The van der Waals surface area contributed by atoms with Crippen LogP contribution in [0.4, 0.5) is 11.8 Å². The highest BCUT2D eigenvalue weighted by Gasteiger charge is 2.29. The zero-order valence-corrected chi connectivity index (χ0v) is 13.0. The van der Waals surface area contributed by atoms with Crippen LogP contribution in [0, 0.1) is 12.8 Å². The number of aryl methyl sites for hydroxylation is 1. The van der Waals surface area contributed by atoms with Gasteiger partial charge < -0.3 is 16.0 Å². The molecule has 0 aliphatic carbocycles. The Balaban J connectivity index is 2.02. The molecule has 1 unspecified atom stereocenters. The van der Waals surface area contributed by atoms with Gasteiger partial charge in [0.2, 0.25) is 11.9 Å². The van der Waals surface area contributed by atoms with Crippen molar-refractivity contribution in [2.45, 2.75) is 20.3 Å². The molecular weight excluding hydrogens is 286 g/mol. The normalized spacial score (nSPS) is 18.4. The van der Waals surface area contributed by atoms with Crippen LogP contribution >= 0.6 is 11.3 Å². The quantitative estimate of drug-likeness (QED) is 0.899. The van der Waals surface area contributed by atoms with Crippen molar-refractivity contribution < 1.29 is 4.79 Å². The van der Waals surface area contributed by atoms with E-state index in [0.717, 1.165) is 35.5 Å². The number of nitrogens with zero attached hydrogens (tertiary/aromatic N) is 3. The van der Waals surface area contributed by atoms with Crippen molar-refractivity contribution in [3.8, 4) is 0 Å². The number of thiophene rings is 1. The van der Waals surface area contributed by atoms with Crippen molar-refractivity contribution in [1.82, 2.24) is 9.97 Å². The summed E-state index contributed by atoms with van der Waals surface area (Å²) in [5, 5.41) is 4.23. The second kappa shape index (κ2) is 5.48. The Morgan fingerprint density at radius 2 is 2.38 bits per heavy atom. The van der Waals surface area contributed by atoms with E-state index in [-0.39, 0.29) is 11.8 Å². The number of carbonyl (C=O) groups excluding carboxylic acids is 1. The lowest BCUT2D eigenvalue weighted by Gasteiger charge is -2.18. The number of hydrogen-bond acceptors (Lipinski definition) is 6. The molecule has 21 heavy (non-hydrogen) atoms. The van der Waals surface area contributed by atoms with Gasteiger partial charge in [-0.1, -0.05) is 0 Å². The van der Waals surface area contributed by atoms with Gasteiger partial charge in [0, 0.05) is 24.5 Å². The van der Waals surface area contributed by atoms with Crippen LogP contribution in [0.25, 0.3) is 10.2 Å². The molecule has 2 aromatic rings. The Kier molecular flexibility index (Phi) is 3.67. The van der Waals surface area contributed by atoms with E-state index in [4.69, 9.17) is 5.73 Å². The van der Waals surface area contributed by atoms with Crippen molar-refractivity contribution >= 4 is 39.2 Å². The van der Waals surface area contributed by atoms with E-state index in [1.54, 1.807) is 11.3 Å². The number of hydrogen-bond donors (Lipinski definition) is 2. The minimum absolute atomic E-state index is 0.0858. The fourth-order valence-electron chi connectivity index (χ4n) is 2.69. The highest BCUT2D eigenvalue weighted by molar-refractivity contribution is 7.18. The summed E-state index contributed by atoms with van der Waals surface area (Å²) in [6.07, 6.45) is 0.792. The summed E-state index contributed by atoms with van der Waals surface area (Å²) in [6, 6.07) is 2.11. The third-order valence-electron chi connectivity index (χ3n) is 3.72. The Morgan fingerprint density at radius 3 is 3.05 bits per heavy atom. The molecule has 1 saturated heterocycles. The van der Waals surface area contributed by atoms with Gasteiger partial charge in [-0.2, -0.15) is 4.98 Å². The van der Waals surface area contributed by atoms with E-state index in [1.807, 2.05) is 6.92 Å². The molecule has 1 atom stereocenters. The number of aromatic nitrogens is 2.